The predicted octanol–water partition coefficient (Wildman–Crippen LogP) is 4.23. The second-order valence-corrected chi connectivity index (χ2v) is 6.69. The van der Waals surface area contributed by atoms with Crippen LogP contribution in [0.15, 0.2) is 23.1 Å². The Labute approximate surface area is 127 Å². The molecule has 0 atom stereocenters. The van der Waals surface area contributed by atoms with Crippen molar-refractivity contribution in [2.75, 3.05) is 6.54 Å². The minimum Gasteiger partial charge on any atom is -0.352 e. The number of benzene rings is 1. The third-order valence-electron chi connectivity index (χ3n) is 4.44. The maximum atomic E-state index is 12.2. The fourth-order valence-electron chi connectivity index (χ4n) is 2.96. The lowest BCUT2D eigenvalue weighted by Crippen LogP contribution is -2.27. The molecule has 1 aromatic carbocycles. The van der Waals surface area contributed by atoms with Crippen LogP contribution < -0.4 is 5.32 Å². The number of thiol groups is 1. The van der Waals surface area contributed by atoms with E-state index in [0.717, 1.165) is 40.8 Å². The summed E-state index contributed by atoms with van der Waals surface area (Å²) in [4.78, 5) is 13.0. The molecule has 110 valence electrons. The molecule has 1 N–H and O–H groups in total. The van der Waals surface area contributed by atoms with Gasteiger partial charge in [-0.2, -0.15) is 0 Å². The van der Waals surface area contributed by atoms with E-state index in [2.05, 4.69) is 24.9 Å². The topological polar surface area (TPSA) is 29.1 Å². The number of amides is 1. The van der Waals surface area contributed by atoms with Crippen molar-refractivity contribution in [3.63, 3.8) is 0 Å². The molecule has 1 aliphatic rings. The number of carbonyl (C=O) groups excluding carboxylic acids is 1. The summed E-state index contributed by atoms with van der Waals surface area (Å²) in [7, 11) is 0. The van der Waals surface area contributed by atoms with Crippen LogP contribution in [0.2, 0.25) is 0 Å². The number of aryl methyl sites for hydroxylation is 1. The van der Waals surface area contributed by atoms with Crippen LogP contribution >= 0.6 is 12.6 Å². The van der Waals surface area contributed by atoms with E-state index >= 15 is 0 Å². The summed E-state index contributed by atoms with van der Waals surface area (Å²) < 4.78 is 0. The van der Waals surface area contributed by atoms with Crippen molar-refractivity contribution in [3.8, 4) is 0 Å². The molecule has 3 heteroatoms. The average Bonchev–Trinajstić information content (AvgIpc) is 2.43. The van der Waals surface area contributed by atoms with Crippen molar-refractivity contribution < 1.29 is 4.79 Å². The fraction of sp³-hybridized carbons (Fsp3) is 0.588. The van der Waals surface area contributed by atoms with Crippen molar-refractivity contribution >= 4 is 18.5 Å². The summed E-state index contributed by atoms with van der Waals surface area (Å²) in [5.74, 6) is 1.72. The van der Waals surface area contributed by atoms with E-state index in [-0.39, 0.29) is 5.91 Å². The highest BCUT2D eigenvalue weighted by atomic mass is 32.1. The van der Waals surface area contributed by atoms with Crippen LogP contribution in [0, 0.1) is 18.8 Å². The van der Waals surface area contributed by atoms with Gasteiger partial charge in [0.2, 0.25) is 0 Å². The number of nitrogens with one attached hydrogen (secondary N) is 1. The third kappa shape index (κ3) is 4.27. The molecular formula is C17H25NOS. The van der Waals surface area contributed by atoms with Crippen LogP contribution in [-0.2, 0) is 0 Å². The molecule has 0 spiro atoms. The van der Waals surface area contributed by atoms with Gasteiger partial charge in [0.15, 0.2) is 0 Å². The summed E-state index contributed by atoms with van der Waals surface area (Å²) >= 11 is 4.30. The Bertz CT molecular complexity index is 464. The van der Waals surface area contributed by atoms with Gasteiger partial charge in [0.25, 0.3) is 5.91 Å². The summed E-state index contributed by atoms with van der Waals surface area (Å²) in [5.41, 5.74) is 1.75. The lowest BCUT2D eigenvalue weighted by molar-refractivity contribution is 0.0949. The largest absolute Gasteiger partial charge is 0.352 e. The molecule has 2 rings (SSSR count). The maximum Gasteiger partial charge on any atom is 0.251 e. The van der Waals surface area contributed by atoms with E-state index in [9.17, 15) is 4.79 Å². The van der Waals surface area contributed by atoms with Crippen molar-refractivity contribution in [2.24, 2.45) is 11.8 Å². The molecule has 0 unspecified atom stereocenters. The van der Waals surface area contributed by atoms with Crippen LogP contribution in [-0.4, -0.2) is 12.5 Å². The number of hydrogen-bond donors (Lipinski definition) is 2. The first-order valence-electron chi connectivity index (χ1n) is 7.64. The SMILES string of the molecule is Cc1ccc(S)cc1C(=O)NCCC1CCC(C)CC1. The molecular weight excluding hydrogens is 266 g/mol. The van der Waals surface area contributed by atoms with E-state index in [0.29, 0.717) is 0 Å². The predicted molar refractivity (Wildman–Crippen MR) is 86.5 cm³/mol. The zero-order valence-electron chi connectivity index (χ0n) is 12.5. The van der Waals surface area contributed by atoms with Gasteiger partial charge in [-0.1, -0.05) is 38.7 Å². The van der Waals surface area contributed by atoms with E-state index in [1.165, 1.54) is 25.7 Å². The van der Waals surface area contributed by atoms with Gasteiger partial charge in [-0.15, -0.1) is 12.6 Å². The Morgan fingerprint density at radius 2 is 2.00 bits per heavy atom. The molecule has 0 saturated heterocycles. The number of carbonyl (C=O) groups is 1. The van der Waals surface area contributed by atoms with Gasteiger partial charge in [-0.3, -0.25) is 4.79 Å². The molecule has 0 heterocycles. The highest BCUT2D eigenvalue weighted by Gasteiger charge is 2.18. The van der Waals surface area contributed by atoms with E-state index in [4.69, 9.17) is 0 Å². The minimum absolute atomic E-state index is 0.0302. The van der Waals surface area contributed by atoms with Crippen LogP contribution in [0.5, 0.6) is 0 Å². The Hall–Kier alpha value is -0.960. The third-order valence-corrected chi connectivity index (χ3v) is 4.72. The number of hydrogen-bond acceptors (Lipinski definition) is 2. The second kappa shape index (κ2) is 7.16. The van der Waals surface area contributed by atoms with Gasteiger partial charge < -0.3 is 5.32 Å². The quantitative estimate of drug-likeness (QED) is 0.799. The molecule has 0 aromatic heterocycles. The Balaban J connectivity index is 1.79. The molecule has 1 fully saturated rings. The van der Waals surface area contributed by atoms with Gasteiger partial charge in [0.05, 0.1) is 0 Å². The standard InChI is InChI=1S/C17H25NOS/c1-12-3-6-14(7-4-12)9-10-18-17(19)16-11-15(20)8-5-13(16)2/h5,8,11-12,14,20H,3-4,6-7,9-10H2,1-2H3,(H,18,19). The minimum atomic E-state index is 0.0302. The Morgan fingerprint density at radius 1 is 1.30 bits per heavy atom. The molecule has 0 aliphatic heterocycles. The van der Waals surface area contributed by atoms with Crippen LogP contribution in [0.25, 0.3) is 0 Å². The first-order chi connectivity index (χ1) is 9.56. The monoisotopic (exact) mass is 291 g/mol. The highest BCUT2D eigenvalue weighted by molar-refractivity contribution is 7.80. The van der Waals surface area contributed by atoms with Gasteiger partial charge >= 0.3 is 0 Å². The molecule has 0 radical (unpaired) electrons. The molecule has 2 nitrogen and oxygen atoms in total. The molecule has 1 aromatic rings. The molecule has 1 aliphatic carbocycles. The van der Waals surface area contributed by atoms with Crippen molar-refractivity contribution in [1.82, 2.24) is 5.32 Å². The van der Waals surface area contributed by atoms with Crippen molar-refractivity contribution in [3.05, 3.63) is 29.3 Å². The summed E-state index contributed by atoms with van der Waals surface area (Å²) in [6, 6.07) is 5.70. The van der Waals surface area contributed by atoms with E-state index in [1.807, 2.05) is 25.1 Å². The Morgan fingerprint density at radius 3 is 2.70 bits per heavy atom. The number of rotatable bonds is 4. The van der Waals surface area contributed by atoms with Crippen LogP contribution in [0.4, 0.5) is 0 Å². The smallest absolute Gasteiger partial charge is 0.251 e. The van der Waals surface area contributed by atoms with E-state index < -0.39 is 0 Å². The van der Waals surface area contributed by atoms with Gasteiger partial charge in [0, 0.05) is 17.0 Å². The lowest BCUT2D eigenvalue weighted by atomic mass is 9.81. The van der Waals surface area contributed by atoms with Gasteiger partial charge in [-0.05, 0) is 42.9 Å². The maximum absolute atomic E-state index is 12.2. The van der Waals surface area contributed by atoms with Crippen molar-refractivity contribution in [2.45, 2.75) is 50.8 Å². The Kier molecular flexibility index (Phi) is 5.53. The summed E-state index contributed by atoms with van der Waals surface area (Å²) in [5, 5.41) is 3.05. The van der Waals surface area contributed by atoms with E-state index in [1.54, 1.807) is 0 Å². The van der Waals surface area contributed by atoms with Gasteiger partial charge in [0.1, 0.15) is 0 Å². The molecule has 1 saturated carbocycles. The van der Waals surface area contributed by atoms with Crippen LogP contribution in [0.3, 0.4) is 0 Å². The summed E-state index contributed by atoms with van der Waals surface area (Å²) in [6.45, 7) is 5.09. The first kappa shape index (κ1) is 15.4. The first-order valence-corrected chi connectivity index (χ1v) is 8.09. The van der Waals surface area contributed by atoms with Crippen LogP contribution in [0.1, 0.15) is 54.9 Å². The fourth-order valence-corrected chi connectivity index (χ4v) is 3.16. The average molecular weight is 291 g/mol. The molecule has 20 heavy (non-hydrogen) atoms. The van der Waals surface area contributed by atoms with Gasteiger partial charge in [-0.25, -0.2) is 0 Å². The zero-order chi connectivity index (χ0) is 14.5. The zero-order valence-corrected chi connectivity index (χ0v) is 13.4. The summed E-state index contributed by atoms with van der Waals surface area (Å²) in [6.07, 6.45) is 6.45. The van der Waals surface area contributed by atoms with Crippen molar-refractivity contribution in [1.29, 1.82) is 0 Å². The molecule has 0 bridgehead atoms. The molecule has 1 amide bonds. The highest BCUT2D eigenvalue weighted by Crippen LogP contribution is 2.29. The second-order valence-electron chi connectivity index (χ2n) is 6.17. The lowest BCUT2D eigenvalue weighted by Gasteiger charge is -2.26. The normalized spacial score (nSPS) is 22.6.